The lowest BCUT2D eigenvalue weighted by Crippen LogP contribution is -2.16. The third-order valence-corrected chi connectivity index (χ3v) is 5.02. The molecule has 0 aromatic carbocycles. The number of nitrogens with zero attached hydrogens (tertiary/aromatic N) is 4. The Morgan fingerprint density at radius 1 is 1.19 bits per heavy atom. The van der Waals surface area contributed by atoms with Crippen LogP contribution in [-0.2, 0) is 4.79 Å². The monoisotopic (exact) mass is 420 g/mol. The quantitative estimate of drug-likeness (QED) is 0.558. The van der Waals surface area contributed by atoms with Gasteiger partial charge >= 0.3 is 0 Å². The van der Waals surface area contributed by atoms with Gasteiger partial charge in [0.2, 0.25) is 5.91 Å². The summed E-state index contributed by atoms with van der Waals surface area (Å²) in [6.07, 6.45) is 4.14. The number of aromatic nitrogens is 4. The Bertz CT molecular complexity index is 1150. The second kappa shape index (κ2) is 8.55. The molecule has 1 fully saturated rings. The van der Waals surface area contributed by atoms with Gasteiger partial charge in [-0.15, -0.1) is 0 Å². The zero-order chi connectivity index (χ0) is 22.0. The minimum Gasteiger partial charge on any atom is -0.338 e. The van der Waals surface area contributed by atoms with Crippen molar-refractivity contribution in [2.24, 2.45) is 5.92 Å². The molecule has 0 bridgehead atoms. The van der Waals surface area contributed by atoms with Crippen molar-refractivity contribution < 1.29 is 14.0 Å². The number of pyridine rings is 2. The second-order valence-corrected chi connectivity index (χ2v) is 7.32. The number of alkyl halides is 1. The van der Waals surface area contributed by atoms with Gasteiger partial charge in [-0.2, -0.15) is 0 Å². The highest BCUT2D eigenvalue weighted by molar-refractivity contribution is 5.95. The van der Waals surface area contributed by atoms with Gasteiger partial charge in [0, 0.05) is 24.2 Å². The molecule has 0 aliphatic heterocycles. The Hall–Kier alpha value is -3.75. The largest absolute Gasteiger partial charge is 0.338 e. The van der Waals surface area contributed by atoms with E-state index >= 15 is 0 Å². The third kappa shape index (κ3) is 4.55. The molecule has 0 radical (unpaired) electrons. The van der Waals surface area contributed by atoms with Crippen LogP contribution in [0.4, 0.5) is 21.7 Å². The number of halogens is 1. The molecule has 3 aromatic rings. The van der Waals surface area contributed by atoms with Crippen LogP contribution in [-0.4, -0.2) is 37.8 Å². The summed E-state index contributed by atoms with van der Waals surface area (Å²) >= 11 is 0. The lowest BCUT2D eigenvalue weighted by molar-refractivity contribution is -0.117. The fourth-order valence-corrected chi connectivity index (χ4v) is 3.09. The van der Waals surface area contributed by atoms with Gasteiger partial charge < -0.3 is 10.6 Å². The molecule has 1 saturated carbocycles. The average molecular weight is 420 g/mol. The minimum atomic E-state index is -1.08. The molecule has 9 heteroatoms. The SMILES string of the molecule is CCC(=O)c1cc(C)c(Nc2ncccc2-c2cc(NC(=O)[C@H]3C[C@H]3F)ncn2)cn1. The van der Waals surface area contributed by atoms with Crippen molar-refractivity contribution in [3.05, 3.63) is 54.2 Å². The first-order valence-corrected chi connectivity index (χ1v) is 9.95. The first kappa shape index (κ1) is 20.5. The number of hydrogen-bond acceptors (Lipinski definition) is 7. The van der Waals surface area contributed by atoms with Gasteiger partial charge in [0.05, 0.1) is 23.5 Å². The Labute approximate surface area is 178 Å². The van der Waals surface area contributed by atoms with E-state index in [1.165, 1.54) is 6.33 Å². The van der Waals surface area contributed by atoms with Crippen molar-refractivity contribution in [3.63, 3.8) is 0 Å². The van der Waals surface area contributed by atoms with E-state index in [9.17, 15) is 14.0 Å². The highest BCUT2D eigenvalue weighted by Gasteiger charge is 2.43. The number of anilines is 3. The van der Waals surface area contributed by atoms with Gasteiger partial charge in [0.25, 0.3) is 0 Å². The maximum absolute atomic E-state index is 13.1. The van der Waals surface area contributed by atoms with Gasteiger partial charge in [0.1, 0.15) is 29.8 Å². The Morgan fingerprint density at radius 2 is 2.00 bits per heavy atom. The van der Waals surface area contributed by atoms with Crippen molar-refractivity contribution >= 4 is 29.0 Å². The fraction of sp³-hybridized carbons (Fsp3) is 0.273. The summed E-state index contributed by atoms with van der Waals surface area (Å²) < 4.78 is 13.1. The van der Waals surface area contributed by atoms with Crippen LogP contribution in [0, 0.1) is 12.8 Å². The van der Waals surface area contributed by atoms with Crippen molar-refractivity contribution in [2.45, 2.75) is 32.9 Å². The van der Waals surface area contributed by atoms with Crippen LogP contribution in [0.5, 0.6) is 0 Å². The zero-order valence-electron chi connectivity index (χ0n) is 17.1. The fourth-order valence-electron chi connectivity index (χ4n) is 3.09. The standard InChI is InChI=1S/C22H21FN6O2/c1-3-19(30)17-7-12(2)18(10-25-17)28-21-13(5-4-6-24-21)16-9-20(27-11-26-16)29-22(31)14-8-15(14)23/h4-7,9-11,14-15H,3,8H2,1-2H3,(H,24,28)(H,26,27,29,31)/t14-,15+/m0/s1. The Kier molecular flexibility index (Phi) is 5.66. The molecule has 2 atom stereocenters. The van der Waals surface area contributed by atoms with Crippen molar-refractivity contribution in [2.75, 3.05) is 10.6 Å². The number of Topliss-reactive ketones (excluding diaryl/α,β-unsaturated/α-hetero) is 1. The molecule has 1 aliphatic carbocycles. The molecule has 158 valence electrons. The van der Waals surface area contributed by atoms with Crippen LogP contribution in [0.25, 0.3) is 11.3 Å². The summed E-state index contributed by atoms with van der Waals surface area (Å²) in [5, 5.41) is 5.87. The number of ketones is 1. The minimum absolute atomic E-state index is 0.0194. The van der Waals surface area contributed by atoms with E-state index in [-0.39, 0.29) is 18.1 Å². The van der Waals surface area contributed by atoms with Crippen molar-refractivity contribution in [1.29, 1.82) is 0 Å². The van der Waals surface area contributed by atoms with Crippen LogP contribution in [0.15, 0.2) is 43.0 Å². The van der Waals surface area contributed by atoms with E-state index in [1.54, 1.807) is 37.5 Å². The summed E-state index contributed by atoms with van der Waals surface area (Å²) in [5.41, 5.74) is 3.21. The molecule has 1 aliphatic rings. The number of carbonyl (C=O) groups excluding carboxylic acids is 2. The number of amides is 1. The van der Waals surface area contributed by atoms with Gasteiger partial charge in [-0.3, -0.25) is 14.6 Å². The van der Waals surface area contributed by atoms with E-state index in [2.05, 4.69) is 30.6 Å². The molecule has 4 rings (SSSR count). The first-order valence-electron chi connectivity index (χ1n) is 9.95. The van der Waals surface area contributed by atoms with Gasteiger partial charge in [0.15, 0.2) is 5.78 Å². The van der Waals surface area contributed by atoms with Crippen molar-refractivity contribution in [1.82, 2.24) is 19.9 Å². The molecule has 31 heavy (non-hydrogen) atoms. The summed E-state index contributed by atoms with van der Waals surface area (Å²) in [6.45, 7) is 3.68. The van der Waals surface area contributed by atoms with Crippen LogP contribution in [0.1, 0.15) is 35.8 Å². The maximum Gasteiger partial charge on any atom is 0.231 e. The van der Waals surface area contributed by atoms with E-state index < -0.39 is 12.1 Å². The average Bonchev–Trinajstić information content (AvgIpc) is 3.52. The smallest absolute Gasteiger partial charge is 0.231 e. The predicted molar refractivity (Wildman–Crippen MR) is 114 cm³/mol. The summed E-state index contributed by atoms with van der Waals surface area (Å²) in [7, 11) is 0. The normalized spacial score (nSPS) is 17.1. The molecule has 0 saturated heterocycles. The first-order chi connectivity index (χ1) is 15.0. The third-order valence-electron chi connectivity index (χ3n) is 5.02. The number of rotatable bonds is 7. The molecule has 8 nitrogen and oxygen atoms in total. The van der Waals surface area contributed by atoms with E-state index in [0.29, 0.717) is 40.7 Å². The molecular formula is C22H21FN6O2. The Morgan fingerprint density at radius 3 is 2.71 bits per heavy atom. The lowest BCUT2D eigenvalue weighted by Gasteiger charge is -2.13. The number of nitrogens with one attached hydrogen (secondary N) is 2. The molecule has 3 aromatic heterocycles. The van der Waals surface area contributed by atoms with E-state index in [1.807, 2.05) is 13.0 Å². The van der Waals surface area contributed by atoms with Gasteiger partial charge in [-0.25, -0.2) is 19.3 Å². The van der Waals surface area contributed by atoms with Crippen LogP contribution in [0.2, 0.25) is 0 Å². The van der Waals surface area contributed by atoms with Gasteiger partial charge in [-0.05, 0) is 37.1 Å². The second-order valence-electron chi connectivity index (χ2n) is 7.32. The highest BCUT2D eigenvalue weighted by Crippen LogP contribution is 2.35. The molecule has 3 heterocycles. The summed E-state index contributed by atoms with van der Waals surface area (Å²) in [4.78, 5) is 40.9. The van der Waals surface area contributed by atoms with Crippen LogP contribution in [0.3, 0.4) is 0 Å². The number of hydrogen-bond donors (Lipinski definition) is 2. The molecule has 2 N–H and O–H groups in total. The zero-order valence-corrected chi connectivity index (χ0v) is 17.1. The van der Waals surface area contributed by atoms with E-state index in [0.717, 1.165) is 5.56 Å². The maximum atomic E-state index is 13.1. The molecule has 0 unspecified atom stereocenters. The molecule has 1 amide bonds. The highest BCUT2D eigenvalue weighted by atomic mass is 19.1. The number of aryl methyl sites for hydroxylation is 1. The molecular weight excluding hydrogens is 399 g/mol. The number of carbonyl (C=O) groups is 2. The Balaban J connectivity index is 1.59. The lowest BCUT2D eigenvalue weighted by atomic mass is 10.1. The topological polar surface area (TPSA) is 110 Å². The predicted octanol–water partition coefficient (Wildman–Crippen LogP) is 3.87. The van der Waals surface area contributed by atoms with E-state index in [4.69, 9.17) is 0 Å². The summed E-state index contributed by atoms with van der Waals surface area (Å²) in [6, 6.07) is 6.96. The van der Waals surface area contributed by atoms with Gasteiger partial charge in [-0.1, -0.05) is 6.92 Å². The summed E-state index contributed by atoms with van der Waals surface area (Å²) in [5.74, 6) is -0.181. The van der Waals surface area contributed by atoms with Crippen LogP contribution >= 0.6 is 0 Å². The molecule has 0 spiro atoms. The van der Waals surface area contributed by atoms with Crippen LogP contribution < -0.4 is 10.6 Å². The van der Waals surface area contributed by atoms with Crippen molar-refractivity contribution in [3.8, 4) is 11.3 Å².